The molecule has 0 saturated heterocycles. The Morgan fingerprint density at radius 3 is 2.79 bits per heavy atom. The van der Waals surface area contributed by atoms with Crippen LogP contribution in [0.1, 0.15) is 11.1 Å². The molecule has 2 aromatic carbocycles. The lowest BCUT2D eigenvalue weighted by molar-refractivity contribution is -0.384. The molecule has 0 aliphatic heterocycles. The molecule has 0 aliphatic carbocycles. The van der Waals surface area contributed by atoms with Gasteiger partial charge >= 0.3 is 0 Å². The molecule has 146 valence electrons. The van der Waals surface area contributed by atoms with Gasteiger partial charge in [0, 0.05) is 6.07 Å². The van der Waals surface area contributed by atoms with Crippen LogP contribution in [0.2, 0.25) is 5.02 Å². The summed E-state index contributed by atoms with van der Waals surface area (Å²) in [5.74, 6) is 0.660. The van der Waals surface area contributed by atoms with E-state index in [0.717, 1.165) is 17.2 Å². The van der Waals surface area contributed by atoms with Gasteiger partial charge in [0.25, 0.3) is 11.2 Å². The van der Waals surface area contributed by atoms with Crippen molar-refractivity contribution in [1.82, 2.24) is 9.55 Å². The van der Waals surface area contributed by atoms with Crippen LogP contribution < -0.4 is 10.3 Å². The Labute approximate surface area is 165 Å². The van der Waals surface area contributed by atoms with Gasteiger partial charge in [-0.15, -0.1) is 0 Å². The summed E-state index contributed by atoms with van der Waals surface area (Å²) in [6, 6.07) is 8.13. The van der Waals surface area contributed by atoms with Gasteiger partial charge in [-0.1, -0.05) is 23.7 Å². The summed E-state index contributed by atoms with van der Waals surface area (Å²) in [4.78, 5) is 27.1. The van der Waals surface area contributed by atoms with Crippen LogP contribution in [-0.4, -0.2) is 32.3 Å². The van der Waals surface area contributed by atoms with Gasteiger partial charge in [0.05, 0.1) is 28.7 Å². The van der Waals surface area contributed by atoms with Crippen molar-refractivity contribution in [3.8, 4) is 5.75 Å². The van der Waals surface area contributed by atoms with Gasteiger partial charge in [-0.25, -0.2) is 4.98 Å². The molecule has 0 aliphatic rings. The third kappa shape index (κ3) is 4.13. The molecule has 1 atom stereocenters. The van der Waals surface area contributed by atoms with E-state index in [1.54, 1.807) is 0 Å². The Morgan fingerprint density at radius 1 is 1.32 bits per heavy atom. The lowest BCUT2D eigenvalue weighted by Crippen LogP contribution is -2.30. The summed E-state index contributed by atoms with van der Waals surface area (Å²) < 4.78 is 6.84. The van der Waals surface area contributed by atoms with E-state index in [1.165, 1.54) is 17.0 Å². The molecule has 0 amide bonds. The molecule has 9 heteroatoms. The van der Waals surface area contributed by atoms with E-state index in [2.05, 4.69) is 4.98 Å². The maximum Gasteiger partial charge on any atom is 0.288 e. The highest BCUT2D eigenvalue weighted by Crippen LogP contribution is 2.27. The third-order valence-corrected chi connectivity index (χ3v) is 4.57. The number of ether oxygens (including phenoxy) is 1. The average molecular weight is 404 g/mol. The molecule has 3 rings (SSSR count). The molecule has 0 radical (unpaired) electrons. The highest BCUT2D eigenvalue weighted by Gasteiger charge is 2.17. The van der Waals surface area contributed by atoms with E-state index in [-0.39, 0.29) is 34.8 Å². The number of fused-ring (bicyclic) bond motifs is 1. The van der Waals surface area contributed by atoms with E-state index in [9.17, 15) is 20.0 Å². The monoisotopic (exact) mass is 403 g/mol. The number of aromatic nitrogens is 2. The maximum atomic E-state index is 12.6. The minimum Gasteiger partial charge on any atom is -0.491 e. The quantitative estimate of drug-likeness (QED) is 0.500. The molecule has 0 spiro atoms. The number of hydrogen-bond donors (Lipinski definition) is 1. The first-order valence-corrected chi connectivity index (χ1v) is 8.85. The number of aliphatic hydroxyl groups excluding tert-OH is 1. The Hall–Kier alpha value is -2.97. The van der Waals surface area contributed by atoms with E-state index in [0.29, 0.717) is 5.75 Å². The van der Waals surface area contributed by atoms with Crippen molar-refractivity contribution in [1.29, 1.82) is 0 Å². The van der Waals surface area contributed by atoms with Gasteiger partial charge in [-0.05, 0) is 37.1 Å². The summed E-state index contributed by atoms with van der Waals surface area (Å²) in [5, 5.41) is 21.3. The molecule has 0 bridgehead atoms. The molecule has 3 aromatic rings. The van der Waals surface area contributed by atoms with Crippen LogP contribution in [0.5, 0.6) is 5.75 Å². The van der Waals surface area contributed by atoms with E-state index in [1.807, 2.05) is 32.0 Å². The van der Waals surface area contributed by atoms with Crippen molar-refractivity contribution in [2.24, 2.45) is 0 Å². The molecule has 1 N–H and O–H groups in total. The molecule has 28 heavy (non-hydrogen) atoms. The SMILES string of the molecule is Cc1ccc(C)c(OC[C@H](O)Cn2cnc3cc(Cl)c([N+](=O)[O-])cc3c2=O)c1. The molecule has 0 unspecified atom stereocenters. The predicted octanol–water partition coefficient (Wildman–Crippen LogP) is 3.01. The zero-order chi connectivity index (χ0) is 20.4. The minimum absolute atomic E-state index is 0.0183. The molecule has 1 heterocycles. The first kappa shape index (κ1) is 19.8. The van der Waals surface area contributed by atoms with Crippen LogP contribution in [0.4, 0.5) is 5.69 Å². The van der Waals surface area contributed by atoms with Crippen molar-refractivity contribution < 1.29 is 14.8 Å². The first-order valence-electron chi connectivity index (χ1n) is 8.47. The fourth-order valence-corrected chi connectivity index (χ4v) is 2.99. The van der Waals surface area contributed by atoms with Crippen molar-refractivity contribution in [3.63, 3.8) is 0 Å². The highest BCUT2D eigenvalue weighted by atomic mass is 35.5. The van der Waals surface area contributed by atoms with Gasteiger partial charge in [0.2, 0.25) is 0 Å². The van der Waals surface area contributed by atoms with Crippen LogP contribution in [0, 0.1) is 24.0 Å². The number of benzene rings is 2. The van der Waals surface area contributed by atoms with E-state index < -0.39 is 16.6 Å². The van der Waals surface area contributed by atoms with Crippen molar-refractivity contribution >= 4 is 28.2 Å². The van der Waals surface area contributed by atoms with Crippen molar-refractivity contribution in [2.75, 3.05) is 6.61 Å². The molecular formula is C19H18ClN3O5. The minimum atomic E-state index is -0.973. The topological polar surface area (TPSA) is 107 Å². The normalized spacial score (nSPS) is 12.1. The number of rotatable bonds is 6. The number of hydrogen-bond acceptors (Lipinski definition) is 6. The number of aryl methyl sites for hydroxylation is 2. The summed E-state index contributed by atoms with van der Waals surface area (Å²) in [6.45, 7) is 3.75. The summed E-state index contributed by atoms with van der Waals surface area (Å²) in [6.07, 6.45) is 0.299. The summed E-state index contributed by atoms with van der Waals surface area (Å²) >= 11 is 5.85. The standard InChI is InChI=1S/C19H18ClN3O5/c1-11-3-4-12(2)18(5-11)28-9-13(24)8-22-10-21-16-7-15(20)17(23(26)27)6-14(16)19(22)25/h3-7,10,13,24H,8-9H2,1-2H3/t13-/m1/s1. The van der Waals surface area contributed by atoms with Gasteiger partial charge in [-0.3, -0.25) is 19.5 Å². The fraction of sp³-hybridized carbons (Fsp3) is 0.263. The predicted molar refractivity (Wildman–Crippen MR) is 105 cm³/mol. The van der Waals surface area contributed by atoms with Gasteiger partial charge < -0.3 is 9.84 Å². The first-order chi connectivity index (χ1) is 13.3. The average Bonchev–Trinajstić information content (AvgIpc) is 2.64. The Kier molecular flexibility index (Phi) is 5.62. The maximum absolute atomic E-state index is 12.6. The number of nitrogens with zero attached hydrogens (tertiary/aromatic N) is 3. The van der Waals surface area contributed by atoms with Gasteiger partial charge in [-0.2, -0.15) is 0 Å². The molecule has 0 saturated carbocycles. The molecular weight excluding hydrogens is 386 g/mol. The molecule has 1 aromatic heterocycles. The third-order valence-electron chi connectivity index (χ3n) is 4.27. The number of aliphatic hydroxyl groups is 1. The number of nitro benzene ring substituents is 1. The van der Waals surface area contributed by atoms with Crippen LogP contribution in [0.3, 0.4) is 0 Å². The molecule has 0 fully saturated rings. The Morgan fingerprint density at radius 2 is 2.07 bits per heavy atom. The number of nitro groups is 1. The largest absolute Gasteiger partial charge is 0.491 e. The van der Waals surface area contributed by atoms with Crippen molar-refractivity contribution in [3.05, 3.63) is 73.3 Å². The second-order valence-corrected chi connectivity index (χ2v) is 6.92. The van der Waals surface area contributed by atoms with Gasteiger partial charge in [0.1, 0.15) is 23.5 Å². The van der Waals surface area contributed by atoms with E-state index in [4.69, 9.17) is 16.3 Å². The van der Waals surface area contributed by atoms with Crippen molar-refractivity contribution in [2.45, 2.75) is 26.5 Å². The summed E-state index contributed by atoms with van der Waals surface area (Å²) in [7, 11) is 0. The van der Waals surface area contributed by atoms with Crippen LogP contribution in [0.25, 0.3) is 10.9 Å². The smallest absolute Gasteiger partial charge is 0.288 e. The second kappa shape index (κ2) is 7.95. The Bertz CT molecular complexity index is 1110. The second-order valence-electron chi connectivity index (χ2n) is 6.51. The van der Waals surface area contributed by atoms with Crippen LogP contribution in [0.15, 0.2) is 41.5 Å². The Balaban J connectivity index is 1.80. The van der Waals surface area contributed by atoms with Gasteiger partial charge in [0.15, 0.2) is 0 Å². The lowest BCUT2D eigenvalue weighted by atomic mass is 10.1. The lowest BCUT2D eigenvalue weighted by Gasteiger charge is -2.15. The highest BCUT2D eigenvalue weighted by molar-refractivity contribution is 6.33. The van der Waals surface area contributed by atoms with Crippen LogP contribution in [-0.2, 0) is 6.54 Å². The van der Waals surface area contributed by atoms with Crippen LogP contribution >= 0.6 is 11.6 Å². The molecule has 8 nitrogen and oxygen atoms in total. The number of halogens is 1. The zero-order valence-electron chi connectivity index (χ0n) is 15.3. The summed E-state index contributed by atoms with van der Waals surface area (Å²) in [5.41, 5.74) is 1.34. The van der Waals surface area contributed by atoms with E-state index >= 15 is 0 Å². The zero-order valence-corrected chi connectivity index (χ0v) is 16.0. The fourth-order valence-electron chi connectivity index (χ4n) is 2.77.